The molecular weight excluding hydrogens is 578 g/mol. The van der Waals surface area contributed by atoms with Gasteiger partial charge in [0.15, 0.2) is 0 Å². The number of hydrogen-bond acceptors (Lipinski definition) is 6. The fourth-order valence-electron chi connectivity index (χ4n) is 4.59. The van der Waals surface area contributed by atoms with Gasteiger partial charge in [-0.2, -0.15) is 25.3 Å². The minimum atomic E-state index is -1.04. The zero-order chi connectivity index (χ0) is 28.7. The van der Waals surface area contributed by atoms with Gasteiger partial charge in [-0.3, -0.25) is 0 Å². The van der Waals surface area contributed by atoms with Gasteiger partial charge in [-0.15, -0.1) is 0 Å². The number of thiol groups is 2. The predicted octanol–water partition coefficient (Wildman–Crippen LogP) is 8.25. The van der Waals surface area contributed by atoms with Gasteiger partial charge in [-0.05, 0) is 12.8 Å². The van der Waals surface area contributed by atoms with Crippen molar-refractivity contribution in [2.75, 3.05) is 0 Å². The van der Waals surface area contributed by atoms with Crippen LogP contribution in [-0.2, 0) is 29.1 Å². The molecule has 0 amide bonds. The van der Waals surface area contributed by atoms with Crippen LogP contribution in [0.2, 0.25) is 0 Å². The first-order valence-corrected chi connectivity index (χ1v) is 17.2. The third kappa shape index (κ3) is 38.3. The maximum absolute atomic E-state index is 10.4. The van der Waals surface area contributed by atoms with Gasteiger partial charge in [-0.25, -0.2) is 0 Å². The Hall–Kier alpha value is 0.263. The van der Waals surface area contributed by atoms with Crippen molar-refractivity contribution in [2.45, 2.75) is 191 Å². The number of carboxylic acid groups (broad SMARTS) is 2. The van der Waals surface area contributed by atoms with Crippen molar-refractivity contribution in [1.82, 2.24) is 0 Å². The molecule has 7 heteroatoms. The van der Waals surface area contributed by atoms with Crippen LogP contribution in [0.5, 0.6) is 0 Å². The average molecular weight is 640 g/mol. The van der Waals surface area contributed by atoms with Crippen LogP contribution in [0.25, 0.3) is 0 Å². The van der Waals surface area contributed by atoms with Gasteiger partial charge in [-0.1, -0.05) is 168 Å². The fraction of sp³-hybridized carbons (Fsp3) is 0.938. The smallest absolute Gasteiger partial charge is 0.549 e. The molecule has 0 aromatic carbocycles. The zero-order valence-corrected chi connectivity index (χ0v) is 30.5. The number of carboxylic acids is 2. The Balaban J connectivity index is -0.000000648. The van der Waals surface area contributed by atoms with Gasteiger partial charge in [0.05, 0.1) is 11.9 Å². The molecule has 0 heterocycles. The summed E-state index contributed by atoms with van der Waals surface area (Å²) in [6, 6.07) is 0. The van der Waals surface area contributed by atoms with Gasteiger partial charge in [0.25, 0.3) is 0 Å². The van der Waals surface area contributed by atoms with Crippen LogP contribution in [0, 0.1) is 0 Å². The second-order valence-electron chi connectivity index (χ2n) is 11.0. The van der Waals surface area contributed by atoms with Gasteiger partial charge < -0.3 is 19.8 Å². The summed E-state index contributed by atoms with van der Waals surface area (Å²) in [5, 5.41) is 19.7. The molecule has 0 aromatic heterocycles. The van der Waals surface area contributed by atoms with E-state index < -0.39 is 22.4 Å². The van der Waals surface area contributed by atoms with E-state index in [9.17, 15) is 19.8 Å². The topological polar surface area (TPSA) is 80.3 Å². The molecule has 2 atom stereocenters. The Morgan fingerprint density at radius 2 is 0.615 bits per heavy atom. The monoisotopic (exact) mass is 638 g/mol. The van der Waals surface area contributed by atoms with Crippen molar-refractivity contribution in [2.24, 2.45) is 0 Å². The average Bonchev–Trinajstić information content (AvgIpc) is 2.89. The summed E-state index contributed by atoms with van der Waals surface area (Å²) in [6.07, 6.45) is 32.5. The van der Waals surface area contributed by atoms with Crippen LogP contribution in [0.1, 0.15) is 181 Å². The summed E-state index contributed by atoms with van der Waals surface area (Å²) in [7, 11) is 0. The van der Waals surface area contributed by atoms with Crippen molar-refractivity contribution in [3.63, 3.8) is 0 Å². The Kier molecular flexibility index (Phi) is 40.7. The second-order valence-corrected chi connectivity index (χ2v) is 12.3. The normalized spacial score (nSPS) is 12.2. The first-order chi connectivity index (χ1) is 18.4. The fourth-order valence-corrected chi connectivity index (χ4v) is 4.96. The number of carbonyl (C=O) groups is 2. The molecule has 0 aliphatic carbocycles. The molecule has 39 heavy (non-hydrogen) atoms. The summed E-state index contributed by atoms with van der Waals surface area (Å²) >= 11 is 7.94. The zero-order valence-electron chi connectivity index (χ0n) is 25.8. The second kappa shape index (κ2) is 36.3. The number of aliphatic carboxylic acids is 2. The van der Waals surface area contributed by atoms with E-state index in [1.807, 2.05) is 0 Å². The predicted molar refractivity (Wildman–Crippen MR) is 167 cm³/mol. The quantitative estimate of drug-likeness (QED) is 0.0513. The Morgan fingerprint density at radius 3 is 0.795 bits per heavy atom. The van der Waals surface area contributed by atoms with Crippen molar-refractivity contribution in [1.29, 1.82) is 0 Å². The summed E-state index contributed by atoms with van der Waals surface area (Å²) in [4.78, 5) is 20.9. The van der Waals surface area contributed by atoms with Crippen molar-refractivity contribution in [3.05, 3.63) is 0 Å². The molecule has 2 unspecified atom stereocenters. The van der Waals surface area contributed by atoms with Crippen molar-refractivity contribution < 1.29 is 39.3 Å². The molecule has 0 aromatic rings. The van der Waals surface area contributed by atoms with Gasteiger partial charge in [0.1, 0.15) is 0 Å². The van der Waals surface area contributed by atoms with Crippen LogP contribution in [-0.4, -0.2) is 22.4 Å². The van der Waals surface area contributed by atoms with Gasteiger partial charge in [0.2, 0.25) is 0 Å². The molecule has 0 spiro atoms. The molecule has 228 valence electrons. The Morgan fingerprint density at radius 1 is 0.436 bits per heavy atom. The van der Waals surface area contributed by atoms with E-state index >= 15 is 0 Å². The van der Waals surface area contributed by atoms with Crippen LogP contribution in [0.15, 0.2) is 0 Å². The molecule has 0 fully saturated rings. The van der Waals surface area contributed by atoms with E-state index in [-0.39, 0.29) is 19.5 Å². The van der Waals surface area contributed by atoms with Crippen molar-refractivity contribution in [3.8, 4) is 0 Å². The van der Waals surface area contributed by atoms with E-state index in [1.165, 1.54) is 128 Å². The van der Waals surface area contributed by atoms with Crippen molar-refractivity contribution >= 4 is 37.2 Å². The molecule has 0 aliphatic rings. The molecule has 0 saturated heterocycles. The van der Waals surface area contributed by atoms with Gasteiger partial charge in [0, 0.05) is 10.5 Å². The van der Waals surface area contributed by atoms with Crippen LogP contribution >= 0.6 is 25.3 Å². The first kappa shape index (κ1) is 43.7. The van der Waals surface area contributed by atoms with Crippen LogP contribution in [0.4, 0.5) is 0 Å². The van der Waals surface area contributed by atoms with Crippen LogP contribution in [0.3, 0.4) is 0 Å². The van der Waals surface area contributed by atoms with E-state index in [0.29, 0.717) is 12.8 Å². The van der Waals surface area contributed by atoms with Gasteiger partial charge >= 0.3 is 19.5 Å². The molecule has 0 aliphatic heterocycles. The summed E-state index contributed by atoms with van der Waals surface area (Å²) in [5.41, 5.74) is 0. The molecular formula is C32H62O4S2Zn. The van der Waals surface area contributed by atoms with E-state index in [1.54, 1.807) is 0 Å². The summed E-state index contributed by atoms with van der Waals surface area (Å²) in [5.74, 6) is -2.07. The van der Waals surface area contributed by atoms with E-state index in [0.717, 1.165) is 25.7 Å². The molecule has 0 saturated carbocycles. The standard InChI is InChI=1S/2C16H32O2S.Zn/c2*1-2-3-4-5-6-7-8-9-10-11-12-13-14-15(19)16(17)18;/h2*15,19H,2-14H2,1H3,(H,17,18);/q;;+2/p-2. The molecule has 0 bridgehead atoms. The Bertz CT molecular complexity index is 465. The third-order valence-electron chi connectivity index (χ3n) is 7.21. The molecule has 4 nitrogen and oxygen atoms in total. The SMILES string of the molecule is CCCCCCCCCCCCCCC(S)C(=O)[O-].CCCCCCCCCCCCCCC(S)C(=O)[O-].[Zn+2]. The van der Waals surface area contributed by atoms with Crippen LogP contribution < -0.4 is 10.2 Å². The minimum Gasteiger partial charge on any atom is -0.549 e. The third-order valence-corrected chi connectivity index (χ3v) is 8.14. The molecule has 0 radical (unpaired) electrons. The number of unbranched alkanes of at least 4 members (excludes halogenated alkanes) is 22. The minimum absolute atomic E-state index is 0. The summed E-state index contributed by atoms with van der Waals surface area (Å²) in [6.45, 7) is 4.51. The maximum atomic E-state index is 10.4. The number of hydrogen-bond donors (Lipinski definition) is 2. The molecule has 0 N–H and O–H groups in total. The maximum Gasteiger partial charge on any atom is 2.00 e. The van der Waals surface area contributed by atoms with E-state index in [4.69, 9.17) is 0 Å². The van der Waals surface area contributed by atoms with E-state index in [2.05, 4.69) is 39.1 Å². The Labute approximate surface area is 266 Å². The number of carbonyl (C=O) groups excluding carboxylic acids is 2. The molecule has 0 rings (SSSR count). The summed E-state index contributed by atoms with van der Waals surface area (Å²) < 4.78 is 0. The first-order valence-electron chi connectivity index (χ1n) is 16.1. The largest absolute Gasteiger partial charge is 2.00 e. The number of rotatable bonds is 28.